The molecule has 0 atom stereocenters. The lowest BCUT2D eigenvalue weighted by Crippen LogP contribution is -2.46. The monoisotopic (exact) mass is 481 g/mol. The molecule has 0 amide bonds. The van der Waals surface area contributed by atoms with Crippen molar-refractivity contribution in [3.63, 3.8) is 0 Å². The third kappa shape index (κ3) is 3.91. The van der Waals surface area contributed by atoms with Crippen LogP contribution in [0.15, 0.2) is 42.5 Å². The fourth-order valence-corrected chi connectivity index (χ4v) is 5.38. The molecule has 36 heavy (non-hydrogen) atoms. The Bertz CT molecular complexity index is 1460. The summed E-state index contributed by atoms with van der Waals surface area (Å²) in [6.45, 7) is 8.93. The van der Waals surface area contributed by atoms with E-state index >= 15 is 4.39 Å². The van der Waals surface area contributed by atoms with Gasteiger partial charge in [-0.15, -0.1) is 0 Å². The quantitative estimate of drug-likeness (QED) is 0.457. The number of piperazine rings is 1. The summed E-state index contributed by atoms with van der Waals surface area (Å²) < 4.78 is 15.2. The Balaban J connectivity index is 1.40. The second-order valence-electron chi connectivity index (χ2n) is 9.42. The van der Waals surface area contributed by atoms with Gasteiger partial charge in [0.15, 0.2) is 0 Å². The molecule has 1 saturated heterocycles. The second-order valence-corrected chi connectivity index (χ2v) is 9.42. The summed E-state index contributed by atoms with van der Waals surface area (Å²) in [5, 5.41) is 20.8. The highest BCUT2D eigenvalue weighted by Gasteiger charge is 2.23. The van der Waals surface area contributed by atoms with Gasteiger partial charge in [-0.25, -0.2) is 9.37 Å². The lowest BCUT2D eigenvalue weighted by molar-refractivity contribution is 0.271. The molecule has 0 saturated carbocycles. The Hall–Kier alpha value is -3.80. The first kappa shape index (κ1) is 22.7. The number of aromatic nitrogens is 3. The van der Waals surface area contributed by atoms with Crippen molar-refractivity contribution in [3.8, 4) is 28.6 Å². The van der Waals surface area contributed by atoms with E-state index < -0.39 is 0 Å². The van der Waals surface area contributed by atoms with Crippen LogP contribution in [0.1, 0.15) is 23.6 Å². The van der Waals surface area contributed by atoms with Crippen LogP contribution in [-0.4, -0.2) is 59.3 Å². The smallest absolute Gasteiger partial charge is 0.132 e. The standard InChI is InChI=1S/C28H28FN7/c1-2-35-11-13-36(14-12-35)21-6-3-18(4-7-21)27-28-24(33-34-27)15-20(16-30)26(32-28)25-22-9-10-31-17-19(22)5-8-23(25)29/h3-8,15,31H,2,9-14,17H2,1H3,(H,33,34). The van der Waals surface area contributed by atoms with Crippen molar-refractivity contribution in [2.24, 2.45) is 0 Å². The molecule has 2 aliphatic rings. The van der Waals surface area contributed by atoms with Crippen LogP contribution in [0.25, 0.3) is 33.5 Å². The summed E-state index contributed by atoms with van der Waals surface area (Å²) in [6.07, 6.45) is 0.694. The number of nitriles is 1. The van der Waals surface area contributed by atoms with E-state index in [0.29, 0.717) is 46.5 Å². The molecular formula is C28H28FN7. The van der Waals surface area contributed by atoms with Gasteiger partial charge in [0.05, 0.1) is 16.8 Å². The number of fused-ring (bicyclic) bond motifs is 2. The molecule has 8 heteroatoms. The number of rotatable bonds is 4. The van der Waals surface area contributed by atoms with Gasteiger partial charge in [-0.3, -0.25) is 5.10 Å². The first-order valence-electron chi connectivity index (χ1n) is 12.5. The van der Waals surface area contributed by atoms with Gasteiger partial charge in [0.25, 0.3) is 0 Å². The molecule has 0 unspecified atom stereocenters. The van der Waals surface area contributed by atoms with E-state index in [4.69, 9.17) is 4.98 Å². The van der Waals surface area contributed by atoms with Gasteiger partial charge in [-0.2, -0.15) is 10.4 Å². The second kappa shape index (κ2) is 9.34. The van der Waals surface area contributed by atoms with Crippen molar-refractivity contribution in [1.82, 2.24) is 25.4 Å². The Kier molecular flexibility index (Phi) is 5.88. The van der Waals surface area contributed by atoms with Gasteiger partial charge >= 0.3 is 0 Å². The van der Waals surface area contributed by atoms with Crippen LogP contribution in [0, 0.1) is 17.1 Å². The van der Waals surface area contributed by atoms with Gasteiger partial charge in [-0.1, -0.05) is 25.1 Å². The molecule has 182 valence electrons. The molecular weight excluding hydrogens is 453 g/mol. The van der Waals surface area contributed by atoms with Crippen LogP contribution in [0.3, 0.4) is 0 Å². The van der Waals surface area contributed by atoms with E-state index in [1.54, 1.807) is 6.07 Å². The Morgan fingerprint density at radius 1 is 1.06 bits per heavy atom. The highest BCUT2D eigenvalue weighted by atomic mass is 19.1. The summed E-state index contributed by atoms with van der Waals surface area (Å²) in [4.78, 5) is 9.73. The van der Waals surface area contributed by atoms with Crippen LogP contribution < -0.4 is 10.2 Å². The average Bonchev–Trinajstić information content (AvgIpc) is 3.35. The topological polar surface area (TPSA) is 83.9 Å². The minimum Gasteiger partial charge on any atom is -0.369 e. The van der Waals surface area contributed by atoms with E-state index in [9.17, 15) is 5.26 Å². The predicted molar refractivity (Wildman–Crippen MR) is 139 cm³/mol. The summed E-state index contributed by atoms with van der Waals surface area (Å²) in [5.74, 6) is -0.350. The number of nitrogens with one attached hydrogen (secondary N) is 2. The summed E-state index contributed by atoms with van der Waals surface area (Å²) in [6, 6.07) is 15.6. The van der Waals surface area contributed by atoms with Gasteiger partial charge < -0.3 is 15.1 Å². The number of H-pyrrole nitrogens is 1. The largest absolute Gasteiger partial charge is 0.369 e. The molecule has 1 fully saturated rings. The summed E-state index contributed by atoms with van der Waals surface area (Å²) in [7, 11) is 0. The van der Waals surface area contributed by atoms with Crippen molar-refractivity contribution >= 4 is 16.7 Å². The number of nitrogens with zero attached hydrogens (tertiary/aromatic N) is 5. The Morgan fingerprint density at radius 3 is 2.61 bits per heavy atom. The average molecular weight is 482 g/mol. The van der Waals surface area contributed by atoms with E-state index in [1.807, 2.05) is 6.07 Å². The molecule has 6 rings (SSSR count). The van der Waals surface area contributed by atoms with Crippen molar-refractivity contribution in [1.29, 1.82) is 5.26 Å². The molecule has 2 aliphatic heterocycles. The molecule has 2 aromatic heterocycles. The SMILES string of the molecule is CCN1CCN(c2ccc(-c3n[nH]c4cc(C#N)c(-c5c(F)ccc6c5CCNC6)nc34)cc2)CC1. The number of likely N-dealkylation sites (N-methyl/N-ethyl adjacent to an activating group) is 1. The fourth-order valence-electron chi connectivity index (χ4n) is 5.38. The number of hydrogen-bond acceptors (Lipinski definition) is 6. The van der Waals surface area contributed by atoms with E-state index in [1.165, 1.54) is 11.8 Å². The predicted octanol–water partition coefficient (Wildman–Crippen LogP) is 4.09. The van der Waals surface area contributed by atoms with Crippen LogP contribution >= 0.6 is 0 Å². The van der Waals surface area contributed by atoms with E-state index in [0.717, 1.165) is 56.0 Å². The number of hydrogen-bond donors (Lipinski definition) is 2. The maximum atomic E-state index is 15.2. The normalized spacial score (nSPS) is 16.2. The number of pyridine rings is 1. The van der Waals surface area contributed by atoms with Crippen molar-refractivity contribution in [2.45, 2.75) is 19.9 Å². The number of aromatic amines is 1. The number of anilines is 1. The maximum absolute atomic E-state index is 15.2. The zero-order valence-electron chi connectivity index (χ0n) is 20.3. The van der Waals surface area contributed by atoms with Crippen LogP contribution in [0.4, 0.5) is 10.1 Å². The van der Waals surface area contributed by atoms with Gasteiger partial charge in [0.1, 0.15) is 23.1 Å². The molecule has 2 N–H and O–H groups in total. The van der Waals surface area contributed by atoms with Crippen molar-refractivity contribution < 1.29 is 4.39 Å². The molecule has 7 nitrogen and oxygen atoms in total. The van der Waals surface area contributed by atoms with E-state index in [-0.39, 0.29) is 5.82 Å². The number of halogens is 1. The van der Waals surface area contributed by atoms with Crippen LogP contribution in [0.2, 0.25) is 0 Å². The fraction of sp³-hybridized carbons (Fsp3) is 0.321. The molecule has 0 aliphatic carbocycles. The lowest BCUT2D eigenvalue weighted by Gasteiger charge is -2.35. The summed E-state index contributed by atoms with van der Waals surface area (Å²) >= 11 is 0. The van der Waals surface area contributed by atoms with Crippen LogP contribution in [0.5, 0.6) is 0 Å². The third-order valence-corrected chi connectivity index (χ3v) is 7.44. The van der Waals surface area contributed by atoms with Crippen molar-refractivity contribution in [3.05, 3.63) is 65.0 Å². The molecule has 4 heterocycles. The molecule has 0 radical (unpaired) electrons. The van der Waals surface area contributed by atoms with E-state index in [2.05, 4.69) is 62.6 Å². The number of benzene rings is 2. The van der Waals surface area contributed by atoms with Gasteiger partial charge in [0.2, 0.25) is 0 Å². The summed E-state index contributed by atoms with van der Waals surface area (Å²) in [5.41, 5.74) is 7.25. The molecule has 0 bridgehead atoms. The lowest BCUT2D eigenvalue weighted by atomic mass is 9.91. The van der Waals surface area contributed by atoms with Gasteiger partial charge in [0, 0.05) is 49.5 Å². The van der Waals surface area contributed by atoms with Gasteiger partial charge in [-0.05, 0) is 54.9 Å². The van der Waals surface area contributed by atoms with Crippen molar-refractivity contribution in [2.75, 3.05) is 44.2 Å². The zero-order valence-corrected chi connectivity index (χ0v) is 20.3. The Morgan fingerprint density at radius 2 is 1.86 bits per heavy atom. The zero-order chi connectivity index (χ0) is 24.6. The highest BCUT2D eigenvalue weighted by molar-refractivity contribution is 5.93. The molecule has 4 aromatic rings. The Labute approximate surface area is 209 Å². The maximum Gasteiger partial charge on any atom is 0.132 e. The minimum atomic E-state index is -0.350. The highest BCUT2D eigenvalue weighted by Crippen LogP contribution is 2.35. The molecule has 2 aromatic carbocycles. The van der Waals surface area contributed by atoms with Crippen LogP contribution in [-0.2, 0) is 13.0 Å². The third-order valence-electron chi connectivity index (χ3n) is 7.44. The minimum absolute atomic E-state index is 0.338. The first-order chi connectivity index (χ1) is 17.7. The first-order valence-corrected chi connectivity index (χ1v) is 12.5. The molecule has 0 spiro atoms.